The number of carbonyl (C=O) groups excluding carboxylic acids is 1. The third kappa shape index (κ3) is 6.09. The number of hydrogen-bond acceptors (Lipinski definition) is 5. The topological polar surface area (TPSA) is 61.8 Å². The zero-order chi connectivity index (χ0) is 9.40. The molecular weight excluding hydrogens is 183 g/mol. The molecule has 6 heteroatoms. The molecule has 0 aliphatic rings. The Hall–Kier alpha value is -0.640. The van der Waals surface area contributed by atoms with Crippen LogP contribution in [0.3, 0.4) is 0 Å². The summed E-state index contributed by atoms with van der Waals surface area (Å²) in [5.74, 6) is -0.532. The van der Waals surface area contributed by atoms with Crippen molar-refractivity contribution in [2.24, 2.45) is 0 Å². The molecule has 0 saturated carbocycles. The summed E-state index contributed by atoms with van der Waals surface area (Å²) in [6.07, 6.45) is 1.04. The minimum absolute atomic E-state index is 0.0462. The van der Waals surface area contributed by atoms with E-state index in [0.29, 0.717) is 0 Å². The molecule has 0 aromatic carbocycles. The molecule has 0 amide bonds. The van der Waals surface area contributed by atoms with Gasteiger partial charge in [0.05, 0.1) is 6.61 Å². The number of rotatable bonds is 6. The van der Waals surface area contributed by atoms with Gasteiger partial charge in [0, 0.05) is 13.2 Å². The van der Waals surface area contributed by atoms with E-state index in [1.54, 1.807) is 0 Å². The molecule has 0 spiro atoms. The highest BCUT2D eigenvalue weighted by Gasteiger charge is 1.97. The van der Waals surface area contributed by atoms with E-state index in [-0.39, 0.29) is 13.2 Å². The lowest BCUT2D eigenvalue weighted by atomic mass is 10.6. The van der Waals surface area contributed by atoms with Gasteiger partial charge in [-0.25, -0.2) is 4.79 Å². The highest BCUT2D eigenvalue weighted by atomic mass is 31.1. The maximum Gasteiger partial charge on any atom is 0.330 e. The lowest BCUT2D eigenvalue weighted by Crippen LogP contribution is -2.05. The van der Waals surface area contributed by atoms with Crippen molar-refractivity contribution < 1.29 is 23.1 Å². The van der Waals surface area contributed by atoms with Gasteiger partial charge in [-0.1, -0.05) is 6.58 Å². The summed E-state index contributed by atoms with van der Waals surface area (Å²) in [6, 6.07) is 0. The van der Waals surface area contributed by atoms with Gasteiger partial charge >= 0.3 is 14.2 Å². The monoisotopic (exact) mass is 194 g/mol. The van der Waals surface area contributed by atoms with E-state index in [1.807, 2.05) is 0 Å². The van der Waals surface area contributed by atoms with Crippen molar-refractivity contribution in [3.8, 4) is 0 Å². The van der Waals surface area contributed by atoms with Crippen molar-refractivity contribution in [2.75, 3.05) is 20.3 Å². The Morgan fingerprint density at radius 2 is 2.25 bits per heavy atom. The fourth-order valence-corrected chi connectivity index (χ4v) is 0.753. The molecule has 1 unspecified atom stereocenters. The Morgan fingerprint density at radius 3 is 2.75 bits per heavy atom. The molecule has 0 N–H and O–H groups in total. The van der Waals surface area contributed by atoms with Gasteiger partial charge in [-0.2, -0.15) is 0 Å². The molecular formula is C6H11O5P. The molecule has 1 atom stereocenters. The predicted molar refractivity (Wildman–Crippen MR) is 43.1 cm³/mol. The van der Waals surface area contributed by atoms with Crippen LogP contribution in [0.5, 0.6) is 0 Å². The average molecular weight is 194 g/mol. The number of carbonyl (C=O) groups is 1. The molecule has 5 nitrogen and oxygen atoms in total. The van der Waals surface area contributed by atoms with Gasteiger partial charge in [0.1, 0.15) is 6.61 Å². The summed E-state index contributed by atoms with van der Waals surface area (Å²) >= 11 is 0. The summed E-state index contributed by atoms with van der Waals surface area (Å²) in [7, 11) is -1.13. The molecule has 70 valence electrons. The molecule has 0 saturated heterocycles. The molecule has 0 heterocycles. The van der Waals surface area contributed by atoms with E-state index in [1.165, 1.54) is 7.11 Å². The summed E-state index contributed by atoms with van der Waals surface area (Å²) in [4.78, 5) is 10.4. The number of esters is 1. The van der Waals surface area contributed by atoms with E-state index >= 15 is 0 Å². The van der Waals surface area contributed by atoms with Gasteiger partial charge in [-0.15, -0.1) is 0 Å². The van der Waals surface area contributed by atoms with Gasteiger partial charge in [-0.05, 0) is 0 Å². The second kappa shape index (κ2) is 7.03. The van der Waals surface area contributed by atoms with Crippen LogP contribution in [0.4, 0.5) is 0 Å². The zero-order valence-corrected chi connectivity index (χ0v) is 7.74. The Morgan fingerprint density at radius 1 is 1.58 bits per heavy atom. The smallest absolute Gasteiger partial charge is 0.330 e. The van der Waals surface area contributed by atoms with Crippen molar-refractivity contribution in [3.05, 3.63) is 12.7 Å². The Labute approximate surface area is 71.3 Å². The highest BCUT2D eigenvalue weighted by molar-refractivity contribution is 7.33. The molecule has 0 aromatic heterocycles. The van der Waals surface area contributed by atoms with E-state index < -0.39 is 14.2 Å². The van der Waals surface area contributed by atoms with Crippen molar-refractivity contribution in [2.45, 2.75) is 0 Å². The number of hydrogen-bond donors (Lipinski definition) is 0. The minimum Gasteiger partial charge on any atom is -0.460 e. The molecule has 12 heavy (non-hydrogen) atoms. The van der Waals surface area contributed by atoms with Crippen LogP contribution in [0, 0.1) is 0 Å². The van der Waals surface area contributed by atoms with Crippen molar-refractivity contribution in [1.82, 2.24) is 0 Å². The van der Waals surface area contributed by atoms with E-state index in [9.17, 15) is 9.36 Å². The fourth-order valence-electron chi connectivity index (χ4n) is 0.385. The molecule has 0 rings (SSSR count). The van der Waals surface area contributed by atoms with Gasteiger partial charge in [0.25, 0.3) is 0 Å². The summed E-state index contributed by atoms with van der Waals surface area (Å²) in [5.41, 5.74) is 0. The van der Waals surface area contributed by atoms with E-state index in [4.69, 9.17) is 0 Å². The van der Waals surface area contributed by atoms with Gasteiger partial charge in [0.15, 0.2) is 0 Å². The quantitative estimate of drug-likeness (QED) is 0.270. The maximum absolute atomic E-state index is 10.5. The van der Waals surface area contributed by atoms with E-state index in [0.717, 1.165) is 6.08 Å². The lowest BCUT2D eigenvalue weighted by molar-refractivity contribution is -0.138. The molecule has 0 aliphatic heterocycles. The van der Waals surface area contributed by atoms with Crippen LogP contribution in [0.25, 0.3) is 0 Å². The molecule has 0 fully saturated rings. The van der Waals surface area contributed by atoms with Crippen LogP contribution in [0.15, 0.2) is 12.7 Å². The van der Waals surface area contributed by atoms with Crippen LogP contribution in [0.1, 0.15) is 0 Å². The normalized spacial score (nSPS) is 12.1. The first-order valence-corrected chi connectivity index (χ1v) is 4.43. The minimum atomic E-state index is -2.40. The van der Waals surface area contributed by atoms with Crippen molar-refractivity contribution >= 4 is 14.2 Å². The van der Waals surface area contributed by atoms with Crippen LogP contribution in [-0.4, -0.2) is 26.3 Å². The first kappa shape index (κ1) is 11.4. The summed E-state index contributed by atoms with van der Waals surface area (Å²) < 4.78 is 24.0. The number of ether oxygens (including phenoxy) is 1. The second-order valence-electron chi connectivity index (χ2n) is 1.67. The Balaban J connectivity index is 3.27. The van der Waals surface area contributed by atoms with Crippen LogP contribution < -0.4 is 0 Å². The van der Waals surface area contributed by atoms with Gasteiger partial charge in [0.2, 0.25) is 0 Å². The Bertz CT molecular complexity index is 179. The SMILES string of the molecule is C=CC(=O)OCCO[PH](=O)OC. The summed E-state index contributed by atoms with van der Waals surface area (Å²) in [5, 5.41) is 0. The highest BCUT2D eigenvalue weighted by Crippen LogP contribution is 2.20. The maximum atomic E-state index is 10.5. The third-order valence-electron chi connectivity index (χ3n) is 0.881. The van der Waals surface area contributed by atoms with Crippen LogP contribution in [0.2, 0.25) is 0 Å². The van der Waals surface area contributed by atoms with Crippen LogP contribution in [-0.2, 0) is 23.1 Å². The standard InChI is InChI=1S/C6H11O5P/c1-3-6(7)10-4-5-11-12(8)9-2/h3,12H,1,4-5H2,2H3. The first-order valence-electron chi connectivity index (χ1n) is 3.20. The zero-order valence-electron chi connectivity index (χ0n) is 6.74. The fraction of sp³-hybridized carbons (Fsp3) is 0.500. The predicted octanol–water partition coefficient (Wildman–Crippen LogP) is 0.768. The molecule has 0 aromatic rings. The molecule has 0 aliphatic carbocycles. The van der Waals surface area contributed by atoms with Gasteiger partial charge in [-0.3, -0.25) is 4.57 Å². The van der Waals surface area contributed by atoms with Crippen LogP contribution >= 0.6 is 8.25 Å². The van der Waals surface area contributed by atoms with Gasteiger partial charge < -0.3 is 13.8 Å². The van der Waals surface area contributed by atoms with Crippen molar-refractivity contribution in [1.29, 1.82) is 0 Å². The molecule has 0 bridgehead atoms. The molecule has 0 radical (unpaired) electrons. The average Bonchev–Trinajstić information content (AvgIpc) is 2.11. The lowest BCUT2D eigenvalue weighted by Gasteiger charge is -2.02. The third-order valence-corrected chi connectivity index (χ3v) is 1.65. The largest absolute Gasteiger partial charge is 0.460 e. The van der Waals surface area contributed by atoms with Crippen molar-refractivity contribution in [3.63, 3.8) is 0 Å². The first-order chi connectivity index (χ1) is 5.70. The second-order valence-corrected chi connectivity index (χ2v) is 2.87. The van der Waals surface area contributed by atoms with E-state index in [2.05, 4.69) is 20.4 Å². The Kier molecular flexibility index (Phi) is 6.66. The summed E-state index contributed by atoms with van der Waals surface area (Å²) in [6.45, 7) is 3.30.